The molecule has 2 rings (SSSR count). The monoisotopic (exact) mass is 323 g/mol. The molecule has 0 saturated heterocycles. The first kappa shape index (κ1) is 16.0. The van der Waals surface area contributed by atoms with Gasteiger partial charge in [0.05, 0.1) is 7.11 Å². The summed E-state index contributed by atoms with van der Waals surface area (Å²) < 4.78 is 4.96. The van der Waals surface area contributed by atoms with E-state index in [1.54, 1.807) is 24.3 Å². The molecule has 2 aromatic rings. The largest absolute Gasteiger partial charge is 0.467 e. The lowest BCUT2D eigenvalue weighted by Crippen LogP contribution is -2.48. The van der Waals surface area contributed by atoms with Crippen molar-refractivity contribution < 1.29 is 9.53 Å². The van der Waals surface area contributed by atoms with E-state index < -0.39 is 5.54 Å². The summed E-state index contributed by atoms with van der Waals surface area (Å²) in [5.74, 6) is -0.346. The predicted molar refractivity (Wildman–Crippen MR) is 86.8 cm³/mol. The minimum Gasteiger partial charge on any atom is -0.467 e. The third kappa shape index (κ3) is 3.64. The molecule has 21 heavy (non-hydrogen) atoms. The average molecular weight is 324 g/mol. The molecule has 0 saturated carbocycles. The van der Waals surface area contributed by atoms with Crippen molar-refractivity contribution in [3.8, 4) is 0 Å². The van der Waals surface area contributed by atoms with Crippen molar-refractivity contribution in [1.82, 2.24) is 5.32 Å². The zero-order valence-corrected chi connectivity index (χ0v) is 13.6. The molecule has 0 fully saturated rings. The first-order chi connectivity index (χ1) is 10.1. The van der Waals surface area contributed by atoms with Crippen LogP contribution < -0.4 is 5.32 Å². The molecule has 3 nitrogen and oxygen atoms in total. The molecule has 0 unspecified atom stereocenters. The Hall–Kier alpha value is -1.36. The van der Waals surface area contributed by atoms with Crippen LogP contribution in [0.3, 0.4) is 0 Å². The van der Waals surface area contributed by atoms with Gasteiger partial charge in [0.15, 0.2) is 0 Å². The number of hydrogen-bond donors (Lipinski definition) is 1. The third-order valence-corrected chi connectivity index (χ3v) is 4.70. The number of carbonyl (C=O) groups is 1. The number of rotatable bonds is 6. The maximum Gasteiger partial charge on any atom is 0.330 e. The lowest BCUT2D eigenvalue weighted by Gasteiger charge is -2.29. The lowest BCUT2D eigenvalue weighted by molar-refractivity contribution is -0.148. The quantitative estimate of drug-likeness (QED) is 0.825. The van der Waals surface area contributed by atoms with Gasteiger partial charge in [0.1, 0.15) is 5.54 Å². The zero-order chi connectivity index (χ0) is 15.3. The minimum absolute atomic E-state index is 0.346. The van der Waals surface area contributed by atoms with Gasteiger partial charge in [-0.25, -0.2) is 4.79 Å². The maximum absolute atomic E-state index is 12.2. The van der Waals surface area contributed by atoms with Gasteiger partial charge in [0.25, 0.3) is 0 Å². The zero-order valence-electron chi connectivity index (χ0n) is 12.1. The van der Waals surface area contributed by atoms with Crippen molar-refractivity contribution >= 4 is 28.9 Å². The van der Waals surface area contributed by atoms with Gasteiger partial charge < -0.3 is 4.74 Å². The van der Waals surface area contributed by atoms with E-state index in [2.05, 4.69) is 11.4 Å². The summed E-state index contributed by atoms with van der Waals surface area (Å²) in [7, 11) is 1.39. The molecule has 0 aliphatic heterocycles. The number of methoxy groups -OCH3 is 1. The number of benzene rings is 1. The second kappa shape index (κ2) is 7.07. The first-order valence-corrected chi connectivity index (χ1v) is 7.94. The molecule has 1 N–H and O–H groups in total. The molecule has 1 aromatic carbocycles. The van der Waals surface area contributed by atoms with Gasteiger partial charge in [0, 0.05) is 22.0 Å². The van der Waals surface area contributed by atoms with Gasteiger partial charge >= 0.3 is 5.97 Å². The van der Waals surface area contributed by atoms with Gasteiger partial charge in [-0.15, -0.1) is 11.3 Å². The maximum atomic E-state index is 12.2. The van der Waals surface area contributed by atoms with E-state index >= 15 is 0 Å². The summed E-state index contributed by atoms with van der Waals surface area (Å²) in [5.41, 5.74) is -0.227. The third-order valence-electron chi connectivity index (χ3n) is 3.44. The minimum atomic E-state index is -0.954. The van der Waals surface area contributed by atoms with E-state index in [0.717, 1.165) is 12.0 Å². The molecule has 0 aliphatic rings. The summed E-state index contributed by atoms with van der Waals surface area (Å²) in [5, 5.41) is 5.88. The highest BCUT2D eigenvalue weighted by atomic mass is 35.5. The molecule has 0 amide bonds. The molecule has 0 radical (unpaired) electrons. The van der Waals surface area contributed by atoms with Crippen molar-refractivity contribution in [3.05, 3.63) is 57.2 Å². The standard InChI is InChI=1S/C16H18ClNO2S/c1-16(15(19)20-2,13-7-3-4-8-14(13)17)18-10-9-12-6-5-11-21-12/h3-8,11,18H,9-10H2,1-2H3/t16-/m1/s1. The fraction of sp³-hybridized carbons (Fsp3) is 0.312. The van der Waals surface area contributed by atoms with Crippen LogP contribution in [-0.4, -0.2) is 19.6 Å². The van der Waals surface area contributed by atoms with E-state index in [1.165, 1.54) is 12.0 Å². The van der Waals surface area contributed by atoms with Crippen molar-refractivity contribution in [3.63, 3.8) is 0 Å². The highest BCUT2D eigenvalue weighted by molar-refractivity contribution is 7.09. The van der Waals surface area contributed by atoms with Gasteiger partial charge in [-0.05, 0) is 30.9 Å². The van der Waals surface area contributed by atoms with Gasteiger partial charge in [-0.1, -0.05) is 35.9 Å². The lowest BCUT2D eigenvalue weighted by atomic mass is 9.91. The number of ether oxygens (including phenoxy) is 1. The average Bonchev–Trinajstić information content (AvgIpc) is 3.00. The molecule has 1 heterocycles. The van der Waals surface area contributed by atoms with E-state index in [1.807, 2.05) is 29.6 Å². The van der Waals surface area contributed by atoms with Gasteiger partial charge in [0.2, 0.25) is 0 Å². The van der Waals surface area contributed by atoms with Crippen molar-refractivity contribution in [2.45, 2.75) is 18.9 Å². The molecule has 0 aliphatic carbocycles. The Balaban J connectivity index is 2.17. The summed E-state index contributed by atoms with van der Waals surface area (Å²) in [6, 6.07) is 11.4. The summed E-state index contributed by atoms with van der Waals surface area (Å²) in [6.45, 7) is 2.46. The van der Waals surface area contributed by atoms with Crippen LogP contribution in [0.15, 0.2) is 41.8 Å². The molecule has 1 aromatic heterocycles. The van der Waals surface area contributed by atoms with Crippen molar-refractivity contribution in [2.75, 3.05) is 13.7 Å². The highest BCUT2D eigenvalue weighted by Gasteiger charge is 2.37. The van der Waals surface area contributed by atoms with E-state index in [4.69, 9.17) is 16.3 Å². The number of carbonyl (C=O) groups excluding carboxylic acids is 1. The van der Waals surface area contributed by atoms with Crippen LogP contribution >= 0.6 is 22.9 Å². The molecular weight excluding hydrogens is 306 g/mol. The van der Waals surface area contributed by atoms with Crippen LogP contribution in [0.25, 0.3) is 0 Å². The highest BCUT2D eigenvalue weighted by Crippen LogP contribution is 2.29. The van der Waals surface area contributed by atoms with Crippen LogP contribution in [0, 0.1) is 0 Å². The molecule has 0 spiro atoms. The van der Waals surface area contributed by atoms with Gasteiger partial charge in [-0.2, -0.15) is 0 Å². The van der Waals surface area contributed by atoms with Crippen LogP contribution in [0.4, 0.5) is 0 Å². The Bertz CT molecular complexity index is 600. The van der Waals surface area contributed by atoms with Crippen molar-refractivity contribution in [1.29, 1.82) is 0 Å². The topological polar surface area (TPSA) is 38.3 Å². The molecular formula is C16H18ClNO2S. The van der Waals surface area contributed by atoms with E-state index in [0.29, 0.717) is 11.6 Å². The molecule has 0 bridgehead atoms. The molecule has 112 valence electrons. The fourth-order valence-electron chi connectivity index (χ4n) is 2.24. The van der Waals surface area contributed by atoms with Crippen molar-refractivity contribution in [2.24, 2.45) is 0 Å². The Morgan fingerprint density at radius 2 is 2.10 bits per heavy atom. The van der Waals surface area contributed by atoms with Crippen LogP contribution in [0.2, 0.25) is 5.02 Å². The van der Waals surface area contributed by atoms with Gasteiger partial charge in [-0.3, -0.25) is 5.32 Å². The van der Waals surface area contributed by atoms with Crippen LogP contribution in [-0.2, 0) is 21.5 Å². The number of hydrogen-bond acceptors (Lipinski definition) is 4. The Morgan fingerprint density at radius 1 is 1.33 bits per heavy atom. The molecule has 1 atom stereocenters. The van der Waals surface area contributed by atoms with E-state index in [-0.39, 0.29) is 5.97 Å². The van der Waals surface area contributed by atoms with E-state index in [9.17, 15) is 4.79 Å². The van der Waals surface area contributed by atoms with Crippen LogP contribution in [0.1, 0.15) is 17.4 Å². The molecule has 5 heteroatoms. The number of halogens is 1. The Kier molecular flexibility index (Phi) is 5.39. The number of nitrogens with one attached hydrogen (secondary N) is 1. The Labute approximate surface area is 133 Å². The first-order valence-electron chi connectivity index (χ1n) is 6.69. The SMILES string of the molecule is COC(=O)[C@](C)(NCCc1cccs1)c1ccccc1Cl. The normalized spacial score (nSPS) is 13.7. The predicted octanol–water partition coefficient (Wildman–Crippen LogP) is 3.62. The number of thiophene rings is 1. The van der Waals surface area contributed by atoms with Crippen LogP contribution in [0.5, 0.6) is 0 Å². The number of esters is 1. The summed E-state index contributed by atoms with van der Waals surface area (Å²) >= 11 is 7.95. The summed E-state index contributed by atoms with van der Waals surface area (Å²) in [4.78, 5) is 13.5. The second-order valence-corrected chi connectivity index (χ2v) is 6.29. The fourth-order valence-corrected chi connectivity index (χ4v) is 3.27. The Morgan fingerprint density at radius 3 is 2.71 bits per heavy atom. The smallest absolute Gasteiger partial charge is 0.330 e. The summed E-state index contributed by atoms with van der Waals surface area (Å²) in [6.07, 6.45) is 0.856. The second-order valence-electron chi connectivity index (χ2n) is 4.85.